The molecule has 0 radical (unpaired) electrons. The Labute approximate surface area is 101 Å². The molecule has 1 fully saturated rings. The topological polar surface area (TPSA) is 47.3 Å². The zero-order chi connectivity index (χ0) is 11.4. The fourth-order valence-electron chi connectivity index (χ4n) is 1.96. The number of nitrogens with one attached hydrogen (secondary N) is 1. The summed E-state index contributed by atoms with van der Waals surface area (Å²) in [5, 5.41) is 4.05. The first-order chi connectivity index (χ1) is 7.74. The second-order valence-electron chi connectivity index (χ2n) is 4.16. The van der Waals surface area contributed by atoms with Crippen LogP contribution < -0.4 is 11.1 Å². The number of anilines is 1. The molecule has 0 saturated carbocycles. The van der Waals surface area contributed by atoms with Gasteiger partial charge in [-0.1, -0.05) is 11.6 Å². The van der Waals surface area contributed by atoms with Crippen LogP contribution in [0.15, 0.2) is 18.2 Å². The van der Waals surface area contributed by atoms with Gasteiger partial charge in [0, 0.05) is 30.4 Å². The number of nitrogens with two attached hydrogens (primary N) is 1. The van der Waals surface area contributed by atoms with E-state index in [-0.39, 0.29) is 0 Å². The van der Waals surface area contributed by atoms with Crippen molar-refractivity contribution < 1.29 is 4.74 Å². The highest BCUT2D eigenvalue weighted by atomic mass is 35.5. The summed E-state index contributed by atoms with van der Waals surface area (Å²) < 4.78 is 5.53. The molecule has 88 valence electrons. The van der Waals surface area contributed by atoms with E-state index in [1.165, 1.54) is 6.42 Å². The number of rotatable bonds is 4. The number of halogens is 1. The Balaban J connectivity index is 1.80. The average molecular weight is 241 g/mol. The van der Waals surface area contributed by atoms with Crippen molar-refractivity contribution in [3.63, 3.8) is 0 Å². The van der Waals surface area contributed by atoms with E-state index in [1.807, 2.05) is 12.1 Å². The summed E-state index contributed by atoms with van der Waals surface area (Å²) in [7, 11) is 0. The summed E-state index contributed by atoms with van der Waals surface area (Å²) in [5.41, 5.74) is 7.54. The Bertz CT molecular complexity index is 331. The number of hydrogen-bond donors (Lipinski definition) is 2. The van der Waals surface area contributed by atoms with Crippen molar-refractivity contribution in [1.82, 2.24) is 5.32 Å². The van der Waals surface area contributed by atoms with Gasteiger partial charge in [-0.3, -0.25) is 0 Å². The molecule has 0 bridgehead atoms. The van der Waals surface area contributed by atoms with Gasteiger partial charge < -0.3 is 15.8 Å². The highest BCUT2D eigenvalue weighted by Gasteiger charge is 2.14. The molecule has 3 N–H and O–H groups in total. The summed E-state index contributed by atoms with van der Waals surface area (Å²) in [6.07, 6.45) is 2.71. The largest absolute Gasteiger partial charge is 0.399 e. The second-order valence-corrected chi connectivity index (χ2v) is 4.60. The number of ether oxygens (including phenoxy) is 1. The molecule has 1 heterocycles. The van der Waals surface area contributed by atoms with Crippen molar-refractivity contribution >= 4 is 17.3 Å². The van der Waals surface area contributed by atoms with Crippen LogP contribution in [-0.4, -0.2) is 19.3 Å². The van der Waals surface area contributed by atoms with Crippen LogP contribution in [0.3, 0.4) is 0 Å². The molecule has 4 heteroatoms. The molecule has 0 amide bonds. The summed E-state index contributed by atoms with van der Waals surface area (Å²) in [6, 6.07) is 5.62. The van der Waals surface area contributed by atoms with E-state index in [9.17, 15) is 0 Å². The normalized spacial score (nSPS) is 20.2. The lowest BCUT2D eigenvalue weighted by Crippen LogP contribution is -2.25. The monoisotopic (exact) mass is 240 g/mol. The van der Waals surface area contributed by atoms with Crippen molar-refractivity contribution in [1.29, 1.82) is 0 Å². The lowest BCUT2D eigenvalue weighted by molar-refractivity contribution is 0.110. The Hall–Kier alpha value is -0.770. The van der Waals surface area contributed by atoms with Crippen LogP contribution in [0.1, 0.15) is 18.4 Å². The van der Waals surface area contributed by atoms with Gasteiger partial charge in [0.1, 0.15) is 0 Å². The first-order valence-electron chi connectivity index (χ1n) is 5.61. The maximum atomic E-state index is 5.92. The van der Waals surface area contributed by atoms with Gasteiger partial charge in [-0.25, -0.2) is 0 Å². The first-order valence-corrected chi connectivity index (χ1v) is 5.99. The Morgan fingerprint density at radius 2 is 2.31 bits per heavy atom. The molecule has 1 aliphatic heterocycles. The lowest BCUT2D eigenvalue weighted by Gasteiger charge is -2.11. The van der Waals surface area contributed by atoms with Crippen molar-refractivity contribution in [2.75, 3.05) is 18.9 Å². The van der Waals surface area contributed by atoms with Gasteiger partial charge in [-0.2, -0.15) is 0 Å². The third-order valence-corrected chi connectivity index (χ3v) is 2.92. The fourth-order valence-corrected chi connectivity index (χ4v) is 2.23. The molecule has 1 aliphatic rings. The molecule has 2 rings (SSSR count). The van der Waals surface area contributed by atoms with E-state index >= 15 is 0 Å². The first kappa shape index (κ1) is 11.7. The minimum Gasteiger partial charge on any atom is -0.399 e. The summed E-state index contributed by atoms with van der Waals surface area (Å²) >= 11 is 5.92. The van der Waals surface area contributed by atoms with Crippen LogP contribution in [0.5, 0.6) is 0 Å². The molecular weight excluding hydrogens is 224 g/mol. The fraction of sp³-hybridized carbons (Fsp3) is 0.500. The van der Waals surface area contributed by atoms with Gasteiger partial charge in [0.25, 0.3) is 0 Å². The molecule has 3 nitrogen and oxygen atoms in total. The molecule has 0 spiro atoms. The van der Waals surface area contributed by atoms with E-state index in [1.54, 1.807) is 6.07 Å². The van der Waals surface area contributed by atoms with E-state index in [0.717, 1.165) is 31.7 Å². The van der Waals surface area contributed by atoms with Crippen molar-refractivity contribution in [3.8, 4) is 0 Å². The Morgan fingerprint density at radius 1 is 1.44 bits per heavy atom. The van der Waals surface area contributed by atoms with Crippen LogP contribution in [0, 0.1) is 0 Å². The van der Waals surface area contributed by atoms with Crippen LogP contribution >= 0.6 is 11.6 Å². The van der Waals surface area contributed by atoms with Crippen LogP contribution in [0.4, 0.5) is 5.69 Å². The number of hydrogen-bond acceptors (Lipinski definition) is 3. The van der Waals surface area contributed by atoms with E-state index < -0.39 is 0 Å². The highest BCUT2D eigenvalue weighted by Crippen LogP contribution is 2.16. The molecule has 1 atom stereocenters. The van der Waals surface area contributed by atoms with Crippen LogP contribution in [-0.2, 0) is 11.3 Å². The number of nitrogen functional groups attached to an aromatic ring is 1. The maximum absolute atomic E-state index is 5.92. The quantitative estimate of drug-likeness (QED) is 0.794. The standard InChI is InChI=1S/C12H17ClN2O/c13-10-4-9(5-11(14)6-10)7-15-8-12-2-1-3-16-12/h4-6,12,15H,1-3,7-8,14H2. The third-order valence-electron chi connectivity index (χ3n) is 2.71. The third kappa shape index (κ3) is 3.37. The molecule has 1 unspecified atom stereocenters. The molecule has 1 aromatic rings. The SMILES string of the molecule is Nc1cc(Cl)cc(CNCC2CCCO2)c1. The zero-order valence-electron chi connectivity index (χ0n) is 9.21. The minimum atomic E-state index is 0.372. The minimum absolute atomic E-state index is 0.372. The molecule has 1 saturated heterocycles. The summed E-state index contributed by atoms with van der Waals surface area (Å²) in [4.78, 5) is 0. The number of benzene rings is 1. The van der Waals surface area contributed by atoms with Crippen molar-refractivity contribution in [3.05, 3.63) is 28.8 Å². The van der Waals surface area contributed by atoms with Gasteiger partial charge in [-0.05, 0) is 36.6 Å². The Kier molecular flexibility index (Phi) is 4.04. The molecular formula is C12H17ClN2O. The van der Waals surface area contributed by atoms with Crippen LogP contribution in [0.2, 0.25) is 5.02 Å². The predicted octanol–water partition coefficient (Wildman–Crippen LogP) is 2.19. The molecule has 0 aliphatic carbocycles. The Morgan fingerprint density at radius 3 is 3.00 bits per heavy atom. The highest BCUT2D eigenvalue weighted by molar-refractivity contribution is 6.30. The van der Waals surface area contributed by atoms with Crippen molar-refractivity contribution in [2.45, 2.75) is 25.5 Å². The maximum Gasteiger partial charge on any atom is 0.0700 e. The molecule has 1 aromatic carbocycles. The lowest BCUT2D eigenvalue weighted by atomic mass is 10.2. The van der Waals surface area contributed by atoms with E-state index in [4.69, 9.17) is 22.1 Å². The van der Waals surface area contributed by atoms with Crippen molar-refractivity contribution in [2.24, 2.45) is 0 Å². The smallest absolute Gasteiger partial charge is 0.0700 e. The molecule has 0 aromatic heterocycles. The van der Waals surface area contributed by atoms with Gasteiger partial charge in [0.15, 0.2) is 0 Å². The second kappa shape index (κ2) is 5.53. The van der Waals surface area contributed by atoms with Gasteiger partial charge >= 0.3 is 0 Å². The van der Waals surface area contributed by atoms with Gasteiger partial charge in [-0.15, -0.1) is 0 Å². The summed E-state index contributed by atoms with van der Waals surface area (Å²) in [6.45, 7) is 2.58. The van der Waals surface area contributed by atoms with Gasteiger partial charge in [0.2, 0.25) is 0 Å². The zero-order valence-corrected chi connectivity index (χ0v) is 9.96. The van der Waals surface area contributed by atoms with Crippen LogP contribution in [0.25, 0.3) is 0 Å². The van der Waals surface area contributed by atoms with E-state index in [0.29, 0.717) is 16.8 Å². The van der Waals surface area contributed by atoms with E-state index in [2.05, 4.69) is 5.32 Å². The molecule has 16 heavy (non-hydrogen) atoms. The predicted molar refractivity (Wildman–Crippen MR) is 66.5 cm³/mol. The summed E-state index contributed by atoms with van der Waals surface area (Å²) in [5.74, 6) is 0. The average Bonchev–Trinajstić information content (AvgIpc) is 2.69. The van der Waals surface area contributed by atoms with Gasteiger partial charge in [0.05, 0.1) is 6.10 Å².